The number of anilines is 1. The first-order chi connectivity index (χ1) is 9.46. The van der Waals surface area contributed by atoms with Crippen molar-refractivity contribution in [3.05, 3.63) is 64.7 Å². The van der Waals surface area contributed by atoms with Gasteiger partial charge in [-0.25, -0.2) is 0 Å². The second kappa shape index (κ2) is 5.68. The lowest BCUT2D eigenvalue weighted by molar-refractivity contribution is 0.223. The third-order valence-electron chi connectivity index (χ3n) is 3.85. The molecule has 0 bridgehead atoms. The second-order valence-electron chi connectivity index (χ2n) is 5.75. The number of hydrogen-bond donors (Lipinski definition) is 2. The minimum Gasteiger partial charge on any atom is -0.394 e. The smallest absolute Gasteiger partial charge is 0.0830 e. The van der Waals surface area contributed by atoms with Gasteiger partial charge >= 0.3 is 0 Å². The highest BCUT2D eigenvalue weighted by molar-refractivity contribution is 5.54. The van der Waals surface area contributed by atoms with E-state index in [0.717, 1.165) is 11.3 Å². The fourth-order valence-electron chi connectivity index (χ4n) is 2.64. The molecule has 0 aliphatic carbocycles. The van der Waals surface area contributed by atoms with Crippen LogP contribution in [0.5, 0.6) is 0 Å². The Hall–Kier alpha value is -1.80. The van der Waals surface area contributed by atoms with Gasteiger partial charge in [0, 0.05) is 5.69 Å². The summed E-state index contributed by atoms with van der Waals surface area (Å²) >= 11 is 0. The molecule has 2 aromatic rings. The van der Waals surface area contributed by atoms with Gasteiger partial charge in [0.25, 0.3) is 0 Å². The van der Waals surface area contributed by atoms with Crippen molar-refractivity contribution in [3.63, 3.8) is 0 Å². The summed E-state index contributed by atoms with van der Waals surface area (Å²) in [5, 5.41) is 13.4. The fourth-order valence-corrected chi connectivity index (χ4v) is 2.64. The van der Waals surface area contributed by atoms with E-state index in [2.05, 4.69) is 50.4 Å². The van der Waals surface area contributed by atoms with Gasteiger partial charge in [-0.1, -0.05) is 42.0 Å². The van der Waals surface area contributed by atoms with E-state index in [1.807, 2.05) is 25.1 Å². The number of nitrogens with one attached hydrogen (secondary N) is 1. The van der Waals surface area contributed by atoms with Crippen molar-refractivity contribution in [1.29, 1.82) is 0 Å². The number of aliphatic hydroxyl groups excluding tert-OH is 1. The summed E-state index contributed by atoms with van der Waals surface area (Å²) in [7, 11) is 0. The van der Waals surface area contributed by atoms with Crippen molar-refractivity contribution in [3.8, 4) is 0 Å². The van der Waals surface area contributed by atoms with Gasteiger partial charge in [-0.2, -0.15) is 0 Å². The molecule has 1 unspecified atom stereocenters. The third-order valence-corrected chi connectivity index (χ3v) is 3.85. The summed E-state index contributed by atoms with van der Waals surface area (Å²) in [5.74, 6) is 0. The highest BCUT2D eigenvalue weighted by Gasteiger charge is 2.27. The number of benzene rings is 2. The lowest BCUT2D eigenvalue weighted by atomic mass is 9.88. The maximum atomic E-state index is 9.92. The predicted molar refractivity (Wildman–Crippen MR) is 85.2 cm³/mol. The molecule has 0 fully saturated rings. The van der Waals surface area contributed by atoms with Crippen LogP contribution in [0.2, 0.25) is 0 Å². The van der Waals surface area contributed by atoms with Crippen LogP contribution in [-0.2, 0) is 5.54 Å². The monoisotopic (exact) mass is 269 g/mol. The summed E-state index contributed by atoms with van der Waals surface area (Å²) in [5.41, 5.74) is 5.32. The van der Waals surface area contributed by atoms with Gasteiger partial charge in [0.1, 0.15) is 0 Å². The fraction of sp³-hybridized carbons (Fsp3) is 0.333. The van der Waals surface area contributed by atoms with Crippen molar-refractivity contribution < 1.29 is 5.11 Å². The Morgan fingerprint density at radius 1 is 1.00 bits per heavy atom. The Morgan fingerprint density at radius 3 is 2.30 bits per heavy atom. The van der Waals surface area contributed by atoms with Crippen LogP contribution in [0.3, 0.4) is 0 Å². The summed E-state index contributed by atoms with van der Waals surface area (Å²) in [4.78, 5) is 0. The molecule has 0 saturated heterocycles. The zero-order valence-electron chi connectivity index (χ0n) is 12.7. The molecule has 2 aromatic carbocycles. The topological polar surface area (TPSA) is 32.3 Å². The molecule has 0 heterocycles. The highest BCUT2D eigenvalue weighted by Crippen LogP contribution is 2.30. The standard InChI is InChI=1S/C18H23NO/c1-13-9-10-16(15(3)11-13)18(4,12-20)19-17-8-6-5-7-14(17)2/h5-11,19-20H,12H2,1-4H3. The summed E-state index contributed by atoms with van der Waals surface area (Å²) in [6, 6.07) is 14.5. The largest absolute Gasteiger partial charge is 0.394 e. The number of rotatable bonds is 4. The normalized spacial score (nSPS) is 13.8. The Morgan fingerprint density at radius 2 is 1.70 bits per heavy atom. The summed E-state index contributed by atoms with van der Waals surface area (Å²) in [6.07, 6.45) is 0. The minimum absolute atomic E-state index is 0.0469. The molecule has 0 amide bonds. The van der Waals surface area contributed by atoms with E-state index in [1.165, 1.54) is 16.7 Å². The molecule has 0 aromatic heterocycles. The van der Waals surface area contributed by atoms with Gasteiger partial charge < -0.3 is 10.4 Å². The van der Waals surface area contributed by atoms with E-state index in [0.29, 0.717) is 0 Å². The van der Waals surface area contributed by atoms with Crippen molar-refractivity contribution in [2.75, 3.05) is 11.9 Å². The molecule has 1 atom stereocenters. The molecule has 0 aliphatic heterocycles. The first kappa shape index (κ1) is 14.6. The van der Waals surface area contributed by atoms with Crippen LogP contribution in [0.25, 0.3) is 0 Å². The Balaban J connectivity index is 2.41. The zero-order chi connectivity index (χ0) is 14.8. The van der Waals surface area contributed by atoms with Crippen molar-refractivity contribution in [2.24, 2.45) is 0 Å². The van der Waals surface area contributed by atoms with Gasteiger partial charge in [0.2, 0.25) is 0 Å². The number of hydrogen-bond acceptors (Lipinski definition) is 2. The summed E-state index contributed by atoms with van der Waals surface area (Å²) in [6.45, 7) is 8.34. The summed E-state index contributed by atoms with van der Waals surface area (Å²) < 4.78 is 0. The van der Waals surface area contributed by atoms with E-state index < -0.39 is 5.54 Å². The minimum atomic E-state index is -0.482. The van der Waals surface area contributed by atoms with E-state index in [4.69, 9.17) is 0 Å². The van der Waals surface area contributed by atoms with E-state index >= 15 is 0 Å². The van der Waals surface area contributed by atoms with E-state index in [-0.39, 0.29) is 6.61 Å². The molecular weight excluding hydrogens is 246 g/mol. The Kier molecular flexibility index (Phi) is 4.15. The average Bonchev–Trinajstić information content (AvgIpc) is 2.41. The second-order valence-corrected chi connectivity index (χ2v) is 5.75. The predicted octanol–water partition coefficient (Wildman–Crippen LogP) is 3.93. The molecular formula is C18H23NO. The number of aryl methyl sites for hydroxylation is 3. The van der Waals surface area contributed by atoms with Gasteiger partial charge in [-0.15, -0.1) is 0 Å². The molecule has 0 spiro atoms. The average molecular weight is 269 g/mol. The van der Waals surface area contributed by atoms with Crippen molar-refractivity contribution in [1.82, 2.24) is 0 Å². The van der Waals surface area contributed by atoms with Crippen LogP contribution >= 0.6 is 0 Å². The zero-order valence-corrected chi connectivity index (χ0v) is 12.7. The molecule has 2 nitrogen and oxygen atoms in total. The van der Waals surface area contributed by atoms with Gasteiger partial charge in [-0.3, -0.25) is 0 Å². The highest BCUT2D eigenvalue weighted by atomic mass is 16.3. The van der Waals surface area contributed by atoms with Gasteiger partial charge in [-0.05, 0) is 50.5 Å². The molecule has 0 radical (unpaired) electrons. The quantitative estimate of drug-likeness (QED) is 0.881. The van der Waals surface area contributed by atoms with Gasteiger partial charge in [0.05, 0.1) is 12.1 Å². The first-order valence-corrected chi connectivity index (χ1v) is 6.99. The van der Waals surface area contributed by atoms with Gasteiger partial charge in [0.15, 0.2) is 0 Å². The lowest BCUT2D eigenvalue weighted by Gasteiger charge is -2.32. The van der Waals surface area contributed by atoms with Crippen molar-refractivity contribution in [2.45, 2.75) is 33.2 Å². The van der Waals surface area contributed by atoms with Crippen LogP contribution in [0, 0.1) is 20.8 Å². The van der Waals surface area contributed by atoms with Crippen LogP contribution in [-0.4, -0.2) is 11.7 Å². The van der Waals surface area contributed by atoms with Crippen LogP contribution in [0.4, 0.5) is 5.69 Å². The molecule has 2 N–H and O–H groups in total. The maximum Gasteiger partial charge on any atom is 0.0830 e. The van der Waals surface area contributed by atoms with Crippen molar-refractivity contribution >= 4 is 5.69 Å². The lowest BCUT2D eigenvalue weighted by Crippen LogP contribution is -2.36. The number of para-hydroxylation sites is 1. The van der Waals surface area contributed by atoms with Crippen LogP contribution in [0.1, 0.15) is 29.2 Å². The molecule has 106 valence electrons. The van der Waals surface area contributed by atoms with E-state index in [9.17, 15) is 5.11 Å². The molecule has 2 rings (SSSR count). The van der Waals surface area contributed by atoms with E-state index in [1.54, 1.807) is 0 Å². The van der Waals surface area contributed by atoms with Crippen LogP contribution < -0.4 is 5.32 Å². The Labute approximate surface area is 121 Å². The third kappa shape index (κ3) is 2.86. The molecule has 20 heavy (non-hydrogen) atoms. The van der Waals surface area contributed by atoms with Crippen LogP contribution in [0.15, 0.2) is 42.5 Å². The maximum absolute atomic E-state index is 9.92. The Bertz CT molecular complexity index is 606. The SMILES string of the molecule is Cc1ccc(C(C)(CO)Nc2ccccc2C)c(C)c1. The molecule has 0 aliphatic rings. The number of aliphatic hydroxyl groups is 1. The molecule has 2 heteroatoms. The first-order valence-electron chi connectivity index (χ1n) is 6.99. The molecule has 0 saturated carbocycles.